The van der Waals surface area contributed by atoms with Crippen molar-refractivity contribution in [2.45, 2.75) is 19.3 Å². The zero-order valence-electron chi connectivity index (χ0n) is 10.3. The van der Waals surface area contributed by atoms with Crippen LogP contribution in [0.1, 0.15) is 16.1 Å². The van der Waals surface area contributed by atoms with Gasteiger partial charge in [-0.2, -0.15) is 0 Å². The molecule has 0 N–H and O–H groups in total. The molecule has 0 aliphatic rings. The number of thiazole rings is 1. The number of nitrogens with zero attached hydrogens (tertiary/aromatic N) is 2. The minimum Gasteiger partial charge on any atom is -0.369 e. The first-order valence-corrected chi connectivity index (χ1v) is 7.77. The summed E-state index contributed by atoms with van der Waals surface area (Å²) in [6.45, 7) is 2.91. The van der Waals surface area contributed by atoms with Crippen LogP contribution in [0.4, 0.5) is 5.69 Å². The van der Waals surface area contributed by atoms with Crippen LogP contribution in [0, 0.1) is 6.92 Å². The van der Waals surface area contributed by atoms with Crippen molar-refractivity contribution < 1.29 is 0 Å². The standard InChI is InChI=1S/C13H14BrClN2S/c1-9-13(18-8-16-9)7-17(2)12-4-3-11(14)5-10(12)6-15/h3-5,8H,6-7H2,1-2H3. The van der Waals surface area contributed by atoms with E-state index in [1.165, 1.54) is 10.6 Å². The first-order valence-electron chi connectivity index (χ1n) is 5.56. The number of hydrogen-bond donors (Lipinski definition) is 0. The van der Waals surface area contributed by atoms with Gasteiger partial charge in [-0.3, -0.25) is 0 Å². The molecule has 1 heterocycles. The molecular formula is C13H14BrClN2S. The third kappa shape index (κ3) is 3.05. The summed E-state index contributed by atoms with van der Waals surface area (Å²) in [6.07, 6.45) is 0. The molecule has 0 spiro atoms. The van der Waals surface area contributed by atoms with Gasteiger partial charge in [-0.25, -0.2) is 4.98 Å². The average Bonchev–Trinajstić information content (AvgIpc) is 2.74. The van der Waals surface area contributed by atoms with E-state index in [4.69, 9.17) is 11.6 Å². The lowest BCUT2D eigenvalue weighted by Gasteiger charge is -2.21. The summed E-state index contributed by atoms with van der Waals surface area (Å²) in [5, 5.41) is 0. The van der Waals surface area contributed by atoms with E-state index in [2.05, 4.69) is 45.0 Å². The maximum absolute atomic E-state index is 6.00. The maximum atomic E-state index is 6.00. The van der Waals surface area contributed by atoms with Crippen LogP contribution < -0.4 is 4.90 Å². The Bertz CT molecular complexity index is 542. The first kappa shape index (κ1) is 13.8. The molecule has 0 amide bonds. The summed E-state index contributed by atoms with van der Waals surface area (Å²) in [5.74, 6) is 0.515. The molecule has 0 aliphatic carbocycles. The number of anilines is 1. The number of hydrogen-bond acceptors (Lipinski definition) is 3. The predicted octanol–water partition coefficient (Wildman–Crippen LogP) is 4.59. The summed E-state index contributed by atoms with van der Waals surface area (Å²) in [6, 6.07) is 6.21. The summed E-state index contributed by atoms with van der Waals surface area (Å²) < 4.78 is 1.06. The number of rotatable bonds is 4. The van der Waals surface area contributed by atoms with Gasteiger partial charge < -0.3 is 4.90 Å². The highest BCUT2D eigenvalue weighted by molar-refractivity contribution is 9.10. The van der Waals surface area contributed by atoms with Gasteiger partial charge in [-0.15, -0.1) is 22.9 Å². The second-order valence-electron chi connectivity index (χ2n) is 4.12. The monoisotopic (exact) mass is 344 g/mol. The van der Waals surface area contributed by atoms with E-state index in [0.717, 1.165) is 22.3 Å². The quantitative estimate of drug-likeness (QED) is 0.753. The van der Waals surface area contributed by atoms with Crippen LogP contribution >= 0.6 is 38.9 Å². The number of aromatic nitrogens is 1. The predicted molar refractivity (Wildman–Crippen MR) is 82.7 cm³/mol. The summed E-state index contributed by atoms with van der Waals surface area (Å²) >= 11 is 11.2. The van der Waals surface area contributed by atoms with E-state index in [9.17, 15) is 0 Å². The smallest absolute Gasteiger partial charge is 0.0798 e. The molecule has 0 saturated heterocycles. The van der Waals surface area contributed by atoms with Crippen LogP contribution in [0.5, 0.6) is 0 Å². The Balaban J connectivity index is 2.23. The molecule has 0 bridgehead atoms. The highest BCUT2D eigenvalue weighted by Gasteiger charge is 2.10. The second-order valence-corrected chi connectivity index (χ2v) is 6.25. The lowest BCUT2D eigenvalue weighted by molar-refractivity contribution is 0.918. The largest absolute Gasteiger partial charge is 0.369 e. The number of halogens is 2. The average molecular weight is 346 g/mol. The fourth-order valence-corrected chi connectivity index (χ4v) is 3.26. The van der Waals surface area contributed by atoms with Crippen molar-refractivity contribution in [2.24, 2.45) is 0 Å². The molecule has 1 aromatic carbocycles. The Morgan fingerprint density at radius 2 is 2.22 bits per heavy atom. The minimum atomic E-state index is 0.515. The van der Waals surface area contributed by atoms with E-state index < -0.39 is 0 Å². The van der Waals surface area contributed by atoms with Crippen LogP contribution in [0.3, 0.4) is 0 Å². The Morgan fingerprint density at radius 3 is 2.83 bits per heavy atom. The fourth-order valence-electron chi connectivity index (χ4n) is 1.81. The van der Waals surface area contributed by atoms with Gasteiger partial charge in [0.25, 0.3) is 0 Å². The van der Waals surface area contributed by atoms with E-state index in [-0.39, 0.29) is 0 Å². The topological polar surface area (TPSA) is 16.1 Å². The molecule has 0 fully saturated rings. The molecule has 0 aliphatic heterocycles. The zero-order chi connectivity index (χ0) is 13.1. The summed E-state index contributed by atoms with van der Waals surface area (Å²) in [5.41, 5.74) is 5.30. The molecule has 0 saturated carbocycles. The Hall–Kier alpha value is -0.580. The van der Waals surface area contributed by atoms with Crippen molar-refractivity contribution in [3.05, 3.63) is 44.3 Å². The highest BCUT2D eigenvalue weighted by atomic mass is 79.9. The van der Waals surface area contributed by atoms with Crippen molar-refractivity contribution in [1.82, 2.24) is 4.98 Å². The highest BCUT2D eigenvalue weighted by Crippen LogP contribution is 2.27. The first-order chi connectivity index (χ1) is 8.61. The van der Waals surface area contributed by atoms with Crippen molar-refractivity contribution in [2.75, 3.05) is 11.9 Å². The minimum absolute atomic E-state index is 0.515. The van der Waals surface area contributed by atoms with Crippen molar-refractivity contribution in [1.29, 1.82) is 0 Å². The van der Waals surface area contributed by atoms with Gasteiger partial charge in [0.05, 0.1) is 17.7 Å². The van der Waals surface area contributed by atoms with E-state index >= 15 is 0 Å². The molecule has 0 unspecified atom stereocenters. The lowest BCUT2D eigenvalue weighted by atomic mass is 10.2. The van der Waals surface area contributed by atoms with E-state index in [0.29, 0.717) is 5.88 Å². The van der Waals surface area contributed by atoms with Gasteiger partial charge in [0, 0.05) is 28.0 Å². The normalized spacial score (nSPS) is 10.7. The van der Waals surface area contributed by atoms with Gasteiger partial charge in [-0.05, 0) is 30.7 Å². The second kappa shape index (κ2) is 6.04. The molecule has 18 heavy (non-hydrogen) atoms. The lowest BCUT2D eigenvalue weighted by Crippen LogP contribution is -2.17. The third-order valence-corrected chi connectivity index (χ3v) is 4.52. The SMILES string of the molecule is Cc1ncsc1CN(C)c1ccc(Br)cc1CCl. The van der Waals surface area contributed by atoms with Gasteiger partial charge in [0.1, 0.15) is 0 Å². The summed E-state index contributed by atoms with van der Waals surface area (Å²) in [7, 11) is 2.08. The van der Waals surface area contributed by atoms with Crippen LogP contribution in [0.2, 0.25) is 0 Å². The molecule has 5 heteroatoms. The van der Waals surface area contributed by atoms with Crippen LogP contribution in [0.15, 0.2) is 28.2 Å². The van der Waals surface area contributed by atoms with Crippen LogP contribution in [0.25, 0.3) is 0 Å². The molecule has 0 atom stereocenters. The molecule has 0 radical (unpaired) electrons. The van der Waals surface area contributed by atoms with Crippen LogP contribution in [-0.4, -0.2) is 12.0 Å². The molecule has 2 nitrogen and oxygen atoms in total. The number of alkyl halides is 1. The zero-order valence-corrected chi connectivity index (χ0v) is 13.4. The van der Waals surface area contributed by atoms with Crippen molar-refractivity contribution in [3.63, 3.8) is 0 Å². The van der Waals surface area contributed by atoms with Crippen molar-refractivity contribution in [3.8, 4) is 0 Å². The van der Waals surface area contributed by atoms with Crippen molar-refractivity contribution >= 4 is 44.6 Å². The van der Waals surface area contributed by atoms with Gasteiger partial charge in [0.15, 0.2) is 0 Å². The molecule has 2 aromatic rings. The van der Waals surface area contributed by atoms with Gasteiger partial charge in [-0.1, -0.05) is 15.9 Å². The molecular weight excluding hydrogens is 332 g/mol. The van der Waals surface area contributed by atoms with Gasteiger partial charge in [0.2, 0.25) is 0 Å². The third-order valence-electron chi connectivity index (χ3n) is 2.82. The van der Waals surface area contributed by atoms with E-state index in [1.54, 1.807) is 11.3 Å². The molecule has 1 aromatic heterocycles. The Morgan fingerprint density at radius 1 is 1.44 bits per heavy atom. The Labute approximate surface area is 125 Å². The maximum Gasteiger partial charge on any atom is 0.0798 e. The Kier molecular flexibility index (Phi) is 4.65. The van der Waals surface area contributed by atoms with Gasteiger partial charge >= 0.3 is 0 Å². The molecule has 2 rings (SSSR count). The van der Waals surface area contributed by atoms with E-state index in [1.807, 2.05) is 18.5 Å². The number of aryl methyl sites for hydroxylation is 1. The summed E-state index contributed by atoms with van der Waals surface area (Å²) in [4.78, 5) is 7.78. The fraction of sp³-hybridized carbons (Fsp3) is 0.308. The molecule has 96 valence electrons. The van der Waals surface area contributed by atoms with Crippen LogP contribution in [-0.2, 0) is 12.4 Å². The number of benzene rings is 1.